The second kappa shape index (κ2) is 7.86. The summed E-state index contributed by atoms with van der Waals surface area (Å²) in [5.41, 5.74) is 1.80. The van der Waals surface area contributed by atoms with Crippen molar-refractivity contribution in [3.63, 3.8) is 0 Å². The van der Waals surface area contributed by atoms with E-state index in [4.69, 9.17) is 5.11 Å². The number of rotatable bonds is 6. The molecular formula is C20H24FNO3S. The van der Waals surface area contributed by atoms with Crippen LogP contribution in [0.25, 0.3) is 0 Å². The van der Waals surface area contributed by atoms with E-state index in [0.29, 0.717) is 19.3 Å². The van der Waals surface area contributed by atoms with Crippen LogP contribution in [0.3, 0.4) is 0 Å². The van der Waals surface area contributed by atoms with E-state index in [1.807, 2.05) is 6.92 Å². The fourth-order valence-corrected chi connectivity index (χ4v) is 5.54. The topological polar surface area (TPSA) is 57.6 Å². The highest BCUT2D eigenvalue weighted by Crippen LogP contribution is 2.41. The molecule has 2 aromatic rings. The molecule has 1 fully saturated rings. The Hall–Kier alpha value is -1.76. The van der Waals surface area contributed by atoms with E-state index in [2.05, 4.69) is 0 Å². The van der Waals surface area contributed by atoms with Gasteiger partial charge in [0, 0.05) is 12.6 Å². The number of sulfonamides is 1. The van der Waals surface area contributed by atoms with Gasteiger partial charge in [-0.2, -0.15) is 4.31 Å². The predicted molar refractivity (Wildman–Crippen MR) is 98.7 cm³/mol. The number of benzene rings is 2. The fourth-order valence-electron chi connectivity index (χ4n) is 3.65. The zero-order chi connectivity index (χ0) is 18.7. The van der Waals surface area contributed by atoms with Crippen LogP contribution in [0.1, 0.15) is 42.9 Å². The summed E-state index contributed by atoms with van der Waals surface area (Å²) < 4.78 is 41.6. The Morgan fingerprint density at radius 3 is 2.35 bits per heavy atom. The maximum atomic E-state index is 13.4. The van der Waals surface area contributed by atoms with Crippen molar-refractivity contribution in [1.29, 1.82) is 0 Å². The molecule has 0 spiro atoms. The smallest absolute Gasteiger partial charge is 0.243 e. The van der Waals surface area contributed by atoms with E-state index >= 15 is 0 Å². The third-order valence-corrected chi connectivity index (χ3v) is 6.96. The van der Waals surface area contributed by atoms with E-state index < -0.39 is 10.0 Å². The summed E-state index contributed by atoms with van der Waals surface area (Å²) in [7, 11) is -3.68. The Labute approximate surface area is 154 Å². The standard InChI is InChI=1S/C20H24FNO3S/c1-15-4-11-19(12-5-15)26(24,25)22-18(3-2-14-23)10-13-20(22)16-6-8-17(21)9-7-16/h4-9,11-12,18,20,23H,2-3,10,13-14H2,1H3/t18-,20-/m0/s1. The minimum Gasteiger partial charge on any atom is -0.396 e. The highest BCUT2D eigenvalue weighted by Gasteiger charge is 2.42. The number of halogens is 1. The highest BCUT2D eigenvalue weighted by molar-refractivity contribution is 7.89. The zero-order valence-electron chi connectivity index (χ0n) is 14.8. The van der Waals surface area contributed by atoms with Crippen molar-refractivity contribution >= 4 is 10.0 Å². The maximum absolute atomic E-state index is 13.4. The van der Waals surface area contributed by atoms with Crippen molar-refractivity contribution in [3.8, 4) is 0 Å². The maximum Gasteiger partial charge on any atom is 0.243 e. The van der Waals surface area contributed by atoms with Gasteiger partial charge in [0.15, 0.2) is 0 Å². The third-order valence-electron chi connectivity index (χ3n) is 4.99. The lowest BCUT2D eigenvalue weighted by Crippen LogP contribution is -2.37. The van der Waals surface area contributed by atoms with Gasteiger partial charge in [0.05, 0.1) is 10.9 Å². The Bertz CT molecular complexity index is 834. The number of aryl methyl sites for hydroxylation is 1. The monoisotopic (exact) mass is 377 g/mol. The van der Waals surface area contributed by atoms with Crippen LogP contribution in [0.2, 0.25) is 0 Å². The van der Waals surface area contributed by atoms with Crippen LogP contribution in [0.4, 0.5) is 4.39 Å². The van der Waals surface area contributed by atoms with Gasteiger partial charge < -0.3 is 5.11 Å². The van der Waals surface area contributed by atoms with Gasteiger partial charge in [-0.25, -0.2) is 12.8 Å². The Balaban J connectivity index is 2.00. The molecule has 0 aromatic heterocycles. The molecule has 2 aromatic carbocycles. The number of hydrogen-bond acceptors (Lipinski definition) is 3. The van der Waals surface area contributed by atoms with Crippen LogP contribution in [-0.2, 0) is 10.0 Å². The normalized spacial score (nSPS) is 21.2. The van der Waals surface area contributed by atoms with Gasteiger partial charge >= 0.3 is 0 Å². The summed E-state index contributed by atoms with van der Waals surface area (Å²) in [6.45, 7) is 1.95. The molecule has 1 saturated heterocycles. The lowest BCUT2D eigenvalue weighted by molar-refractivity contribution is 0.253. The van der Waals surface area contributed by atoms with E-state index in [0.717, 1.165) is 17.5 Å². The average Bonchev–Trinajstić information content (AvgIpc) is 3.05. The SMILES string of the molecule is Cc1ccc(S(=O)(=O)N2[C@@H](CCCO)CC[C@H]2c2ccc(F)cc2)cc1. The second-order valence-corrected chi connectivity index (χ2v) is 8.66. The van der Waals surface area contributed by atoms with Crippen molar-refractivity contribution in [2.45, 2.75) is 49.6 Å². The molecule has 1 heterocycles. The fraction of sp³-hybridized carbons (Fsp3) is 0.400. The minimum atomic E-state index is -3.68. The van der Waals surface area contributed by atoms with Crippen LogP contribution in [0.15, 0.2) is 53.4 Å². The summed E-state index contributed by atoms with van der Waals surface area (Å²) in [6.07, 6.45) is 2.58. The summed E-state index contributed by atoms with van der Waals surface area (Å²) >= 11 is 0. The third kappa shape index (κ3) is 3.82. The Morgan fingerprint density at radius 1 is 1.08 bits per heavy atom. The van der Waals surface area contributed by atoms with Gasteiger partial charge in [0.2, 0.25) is 10.0 Å². The summed E-state index contributed by atoms with van der Waals surface area (Å²) in [5.74, 6) is -0.337. The van der Waals surface area contributed by atoms with Gasteiger partial charge in [-0.05, 0) is 62.4 Å². The van der Waals surface area contributed by atoms with Crippen molar-refractivity contribution in [3.05, 3.63) is 65.5 Å². The van der Waals surface area contributed by atoms with Crippen molar-refractivity contribution < 1.29 is 17.9 Å². The van der Waals surface area contributed by atoms with Crippen LogP contribution >= 0.6 is 0 Å². The van der Waals surface area contributed by atoms with E-state index in [-0.39, 0.29) is 29.4 Å². The highest BCUT2D eigenvalue weighted by atomic mass is 32.2. The molecule has 1 N–H and O–H groups in total. The predicted octanol–water partition coefficient (Wildman–Crippen LogP) is 3.80. The van der Waals surface area contributed by atoms with E-state index in [9.17, 15) is 12.8 Å². The number of nitrogens with zero attached hydrogens (tertiary/aromatic N) is 1. The molecule has 26 heavy (non-hydrogen) atoms. The summed E-state index contributed by atoms with van der Waals surface area (Å²) in [5, 5.41) is 9.17. The molecule has 4 nitrogen and oxygen atoms in total. The molecule has 140 valence electrons. The van der Waals surface area contributed by atoms with E-state index in [1.54, 1.807) is 40.7 Å². The molecule has 0 aliphatic carbocycles. The molecule has 2 atom stereocenters. The van der Waals surface area contributed by atoms with Gasteiger partial charge in [-0.15, -0.1) is 0 Å². The Morgan fingerprint density at radius 2 is 1.73 bits per heavy atom. The van der Waals surface area contributed by atoms with Gasteiger partial charge in [-0.3, -0.25) is 0 Å². The number of hydrogen-bond donors (Lipinski definition) is 1. The quantitative estimate of drug-likeness (QED) is 0.833. The average molecular weight is 377 g/mol. The first-order valence-corrected chi connectivity index (χ1v) is 10.3. The number of aliphatic hydroxyl groups is 1. The first kappa shape index (κ1) is 19.0. The van der Waals surface area contributed by atoms with Gasteiger partial charge in [-0.1, -0.05) is 29.8 Å². The summed E-state index contributed by atoms with van der Waals surface area (Å²) in [6, 6.07) is 12.4. The summed E-state index contributed by atoms with van der Waals surface area (Å²) in [4.78, 5) is 0.270. The Kier molecular flexibility index (Phi) is 5.75. The first-order chi connectivity index (χ1) is 12.4. The van der Waals surface area contributed by atoms with Crippen LogP contribution in [-0.4, -0.2) is 30.5 Å². The van der Waals surface area contributed by atoms with Crippen LogP contribution < -0.4 is 0 Å². The number of aliphatic hydroxyl groups excluding tert-OH is 1. The van der Waals surface area contributed by atoms with Crippen molar-refractivity contribution in [2.75, 3.05) is 6.61 Å². The zero-order valence-corrected chi connectivity index (χ0v) is 15.6. The molecule has 1 aliphatic heterocycles. The van der Waals surface area contributed by atoms with E-state index in [1.165, 1.54) is 12.1 Å². The van der Waals surface area contributed by atoms with Crippen molar-refractivity contribution in [1.82, 2.24) is 4.31 Å². The van der Waals surface area contributed by atoms with Gasteiger partial charge in [0.1, 0.15) is 5.82 Å². The van der Waals surface area contributed by atoms with Crippen LogP contribution in [0, 0.1) is 12.7 Å². The largest absolute Gasteiger partial charge is 0.396 e. The van der Waals surface area contributed by atoms with Crippen LogP contribution in [0.5, 0.6) is 0 Å². The second-order valence-electron chi connectivity index (χ2n) is 6.81. The van der Waals surface area contributed by atoms with Gasteiger partial charge in [0.25, 0.3) is 0 Å². The molecule has 0 saturated carbocycles. The lowest BCUT2D eigenvalue weighted by atomic mass is 10.1. The molecular weight excluding hydrogens is 353 g/mol. The molecule has 0 radical (unpaired) electrons. The molecule has 0 unspecified atom stereocenters. The molecule has 3 rings (SSSR count). The molecule has 0 amide bonds. The lowest BCUT2D eigenvalue weighted by Gasteiger charge is -2.30. The molecule has 6 heteroatoms. The van der Waals surface area contributed by atoms with Crippen molar-refractivity contribution in [2.24, 2.45) is 0 Å². The first-order valence-electron chi connectivity index (χ1n) is 8.90. The molecule has 1 aliphatic rings. The molecule has 0 bridgehead atoms. The minimum absolute atomic E-state index is 0.0378.